The van der Waals surface area contributed by atoms with Gasteiger partial charge in [-0.2, -0.15) is 18.2 Å². The van der Waals surface area contributed by atoms with E-state index in [1.165, 1.54) is 24.5 Å². The standard InChI is InChI=1S/C11H6ClF3N2O/c12-9-5-16-6-10(17-9)18-8-3-1-7(2-4-8)11(13,14)15/h1-6H. The van der Waals surface area contributed by atoms with Crippen LogP contribution in [0, 0.1) is 0 Å². The Kier molecular flexibility index (Phi) is 3.38. The SMILES string of the molecule is FC(F)(F)c1ccc(Oc2cncc(Cl)n2)cc1. The second kappa shape index (κ2) is 4.81. The lowest BCUT2D eigenvalue weighted by molar-refractivity contribution is -0.137. The molecule has 3 nitrogen and oxygen atoms in total. The summed E-state index contributed by atoms with van der Waals surface area (Å²) in [6.45, 7) is 0. The monoisotopic (exact) mass is 274 g/mol. The lowest BCUT2D eigenvalue weighted by Crippen LogP contribution is -2.04. The molecule has 0 saturated heterocycles. The zero-order chi connectivity index (χ0) is 13.2. The molecule has 0 bridgehead atoms. The Bertz CT molecular complexity index is 543. The first-order valence-corrected chi connectivity index (χ1v) is 5.15. The molecular formula is C11H6ClF3N2O. The summed E-state index contributed by atoms with van der Waals surface area (Å²) in [5.74, 6) is 0.335. The van der Waals surface area contributed by atoms with Crippen molar-refractivity contribution in [2.45, 2.75) is 6.18 Å². The van der Waals surface area contributed by atoms with Crippen molar-refractivity contribution in [3.8, 4) is 11.6 Å². The molecule has 0 spiro atoms. The average Bonchev–Trinajstić information content (AvgIpc) is 2.28. The molecule has 2 aromatic rings. The van der Waals surface area contributed by atoms with Crippen LogP contribution < -0.4 is 4.74 Å². The maximum Gasteiger partial charge on any atom is 0.416 e. The quantitative estimate of drug-likeness (QED) is 0.832. The molecule has 18 heavy (non-hydrogen) atoms. The highest BCUT2D eigenvalue weighted by atomic mass is 35.5. The molecule has 0 amide bonds. The van der Waals surface area contributed by atoms with Crippen molar-refractivity contribution >= 4 is 11.6 Å². The van der Waals surface area contributed by atoms with Gasteiger partial charge in [0.2, 0.25) is 5.88 Å². The fraction of sp³-hybridized carbons (Fsp3) is 0.0909. The highest BCUT2D eigenvalue weighted by Crippen LogP contribution is 2.31. The van der Waals surface area contributed by atoms with Crippen molar-refractivity contribution in [1.82, 2.24) is 9.97 Å². The summed E-state index contributed by atoms with van der Waals surface area (Å²) in [5.41, 5.74) is -0.743. The van der Waals surface area contributed by atoms with Crippen LogP contribution in [-0.4, -0.2) is 9.97 Å². The van der Waals surface area contributed by atoms with Crippen LogP contribution in [0.15, 0.2) is 36.7 Å². The summed E-state index contributed by atoms with van der Waals surface area (Å²) in [5, 5.41) is 0.138. The molecule has 1 aromatic carbocycles. The number of alkyl halides is 3. The molecular weight excluding hydrogens is 269 g/mol. The van der Waals surface area contributed by atoms with Gasteiger partial charge >= 0.3 is 6.18 Å². The van der Waals surface area contributed by atoms with Crippen LogP contribution in [0.4, 0.5) is 13.2 Å². The first-order chi connectivity index (χ1) is 8.45. The molecule has 94 valence electrons. The molecule has 0 aliphatic rings. The molecule has 0 N–H and O–H groups in total. The molecule has 0 atom stereocenters. The lowest BCUT2D eigenvalue weighted by atomic mass is 10.2. The Morgan fingerprint density at radius 3 is 2.28 bits per heavy atom. The van der Waals surface area contributed by atoms with E-state index in [0.717, 1.165) is 12.1 Å². The predicted molar refractivity (Wildman–Crippen MR) is 58.6 cm³/mol. The summed E-state index contributed by atoms with van der Waals surface area (Å²) in [6.07, 6.45) is -1.74. The average molecular weight is 275 g/mol. The van der Waals surface area contributed by atoms with Crippen LogP contribution in [0.25, 0.3) is 0 Å². The van der Waals surface area contributed by atoms with Crippen molar-refractivity contribution in [1.29, 1.82) is 0 Å². The van der Waals surface area contributed by atoms with Gasteiger partial charge in [-0.05, 0) is 24.3 Å². The van der Waals surface area contributed by atoms with E-state index in [4.69, 9.17) is 16.3 Å². The minimum atomic E-state index is -4.37. The number of rotatable bonds is 2. The van der Waals surface area contributed by atoms with Gasteiger partial charge in [-0.3, -0.25) is 4.98 Å². The third-order valence-corrected chi connectivity index (χ3v) is 2.17. The number of aromatic nitrogens is 2. The molecule has 2 rings (SSSR count). The van der Waals surface area contributed by atoms with E-state index in [-0.39, 0.29) is 16.8 Å². The summed E-state index contributed by atoms with van der Waals surface area (Å²) >= 11 is 5.59. The molecule has 1 aromatic heterocycles. The van der Waals surface area contributed by atoms with Crippen molar-refractivity contribution in [3.63, 3.8) is 0 Å². The minimum Gasteiger partial charge on any atom is -0.437 e. The molecule has 1 heterocycles. The zero-order valence-corrected chi connectivity index (χ0v) is 9.53. The molecule has 0 saturated carbocycles. The second-order valence-corrected chi connectivity index (χ2v) is 3.69. The van der Waals surface area contributed by atoms with Gasteiger partial charge in [0.15, 0.2) is 5.15 Å². The minimum absolute atomic E-state index is 0.113. The van der Waals surface area contributed by atoms with Gasteiger partial charge in [-0.1, -0.05) is 11.6 Å². The number of ether oxygens (including phenoxy) is 1. The topological polar surface area (TPSA) is 35.0 Å². The van der Waals surface area contributed by atoms with E-state index in [0.29, 0.717) is 0 Å². The van der Waals surface area contributed by atoms with Gasteiger partial charge < -0.3 is 4.74 Å². The maximum atomic E-state index is 12.3. The first kappa shape index (κ1) is 12.6. The number of hydrogen-bond donors (Lipinski definition) is 0. The van der Waals surface area contributed by atoms with E-state index in [1.807, 2.05) is 0 Å². The van der Waals surface area contributed by atoms with Crippen molar-refractivity contribution in [2.75, 3.05) is 0 Å². The van der Waals surface area contributed by atoms with Gasteiger partial charge in [0.25, 0.3) is 0 Å². The third-order valence-electron chi connectivity index (χ3n) is 1.99. The van der Waals surface area contributed by atoms with Crippen LogP contribution >= 0.6 is 11.6 Å². The molecule has 0 fully saturated rings. The van der Waals surface area contributed by atoms with E-state index in [1.54, 1.807) is 0 Å². The van der Waals surface area contributed by atoms with Crippen molar-refractivity contribution < 1.29 is 17.9 Å². The van der Waals surface area contributed by atoms with Crippen LogP contribution in [0.3, 0.4) is 0 Å². The largest absolute Gasteiger partial charge is 0.437 e. The Morgan fingerprint density at radius 2 is 1.72 bits per heavy atom. The van der Waals surface area contributed by atoms with Crippen LogP contribution in [0.1, 0.15) is 5.56 Å². The van der Waals surface area contributed by atoms with Gasteiger partial charge in [0, 0.05) is 0 Å². The summed E-state index contributed by atoms with van der Waals surface area (Å²) in [4.78, 5) is 7.54. The van der Waals surface area contributed by atoms with Gasteiger partial charge in [0.05, 0.1) is 18.0 Å². The smallest absolute Gasteiger partial charge is 0.416 e. The van der Waals surface area contributed by atoms with Gasteiger partial charge in [0.1, 0.15) is 5.75 Å². The Morgan fingerprint density at radius 1 is 1.06 bits per heavy atom. The van der Waals surface area contributed by atoms with Gasteiger partial charge in [-0.25, -0.2) is 0 Å². The number of halogens is 4. The van der Waals surface area contributed by atoms with Crippen LogP contribution in [0.5, 0.6) is 11.6 Å². The van der Waals surface area contributed by atoms with E-state index in [2.05, 4.69) is 9.97 Å². The Labute approximate surface area is 105 Å². The lowest BCUT2D eigenvalue weighted by Gasteiger charge is -2.08. The zero-order valence-electron chi connectivity index (χ0n) is 8.78. The summed E-state index contributed by atoms with van der Waals surface area (Å²) < 4.78 is 42.2. The van der Waals surface area contributed by atoms with Crippen molar-refractivity contribution in [3.05, 3.63) is 47.4 Å². The van der Waals surface area contributed by atoms with Crippen LogP contribution in [0.2, 0.25) is 5.15 Å². The molecule has 0 aliphatic heterocycles. The third kappa shape index (κ3) is 3.10. The van der Waals surface area contributed by atoms with E-state index < -0.39 is 11.7 Å². The highest BCUT2D eigenvalue weighted by Gasteiger charge is 2.30. The highest BCUT2D eigenvalue weighted by molar-refractivity contribution is 6.29. The van der Waals surface area contributed by atoms with Gasteiger partial charge in [-0.15, -0.1) is 0 Å². The van der Waals surface area contributed by atoms with Crippen LogP contribution in [-0.2, 0) is 6.18 Å². The molecule has 0 aliphatic carbocycles. The Balaban J connectivity index is 2.16. The predicted octanol–water partition coefficient (Wildman–Crippen LogP) is 3.94. The molecule has 0 unspecified atom stereocenters. The maximum absolute atomic E-state index is 12.3. The molecule has 0 radical (unpaired) electrons. The summed E-state index contributed by atoms with van der Waals surface area (Å²) in [7, 11) is 0. The number of nitrogens with zero attached hydrogens (tertiary/aromatic N) is 2. The molecule has 7 heteroatoms. The summed E-state index contributed by atoms with van der Waals surface area (Å²) in [6, 6.07) is 4.25. The fourth-order valence-electron chi connectivity index (χ4n) is 1.21. The fourth-order valence-corrected chi connectivity index (χ4v) is 1.35. The normalized spacial score (nSPS) is 11.3. The second-order valence-electron chi connectivity index (χ2n) is 3.30. The van der Waals surface area contributed by atoms with Crippen molar-refractivity contribution in [2.24, 2.45) is 0 Å². The first-order valence-electron chi connectivity index (χ1n) is 4.78. The Hall–Kier alpha value is -1.82. The van der Waals surface area contributed by atoms with E-state index >= 15 is 0 Å². The number of hydrogen-bond acceptors (Lipinski definition) is 3. The van der Waals surface area contributed by atoms with E-state index in [9.17, 15) is 13.2 Å². The number of benzene rings is 1.